The Balaban J connectivity index is 0.000000321. The van der Waals surface area contributed by atoms with Gasteiger partial charge in [-0.1, -0.05) is 11.8 Å². The molecular formula is C18H14F6NOP. The van der Waals surface area contributed by atoms with Gasteiger partial charge in [0, 0.05) is 35.4 Å². The van der Waals surface area contributed by atoms with Gasteiger partial charge in [0.05, 0.1) is 7.11 Å². The molecule has 144 valence electrons. The third kappa shape index (κ3) is 8.93. The molecule has 0 atom stereocenters. The second-order valence-corrected chi connectivity index (χ2v) is 7.30. The van der Waals surface area contributed by atoms with Crippen LogP contribution in [0.5, 0.6) is 5.75 Å². The first-order valence-electron chi connectivity index (χ1n) is 7.43. The van der Waals surface area contributed by atoms with Crippen molar-refractivity contribution in [1.82, 2.24) is 0 Å². The van der Waals surface area contributed by atoms with Crippen molar-refractivity contribution in [2.45, 2.75) is 0 Å². The summed E-state index contributed by atoms with van der Waals surface area (Å²) in [6.45, 7) is 0. The molecule has 2 heterocycles. The molecule has 2 nitrogen and oxygen atoms in total. The van der Waals surface area contributed by atoms with Gasteiger partial charge in [-0.05, 0) is 30.3 Å². The van der Waals surface area contributed by atoms with Gasteiger partial charge in [-0.15, -0.1) is 0 Å². The van der Waals surface area contributed by atoms with Crippen LogP contribution in [0.3, 0.4) is 0 Å². The third-order valence-electron chi connectivity index (χ3n) is 3.08. The van der Waals surface area contributed by atoms with E-state index in [-0.39, 0.29) is 0 Å². The number of methoxy groups -OCH3 is 1. The molecule has 0 saturated heterocycles. The Bertz CT molecular complexity index is 994. The Morgan fingerprint density at radius 2 is 1.37 bits per heavy atom. The van der Waals surface area contributed by atoms with E-state index in [4.69, 9.17) is 4.74 Å². The first-order valence-corrected chi connectivity index (χ1v) is 9.45. The number of hydrogen-bond donors (Lipinski definition) is 0. The topological polar surface area (TPSA) is 13.3 Å². The second kappa shape index (κ2) is 6.75. The van der Waals surface area contributed by atoms with E-state index in [0.29, 0.717) is 0 Å². The molecule has 2 aromatic heterocycles. The van der Waals surface area contributed by atoms with Gasteiger partial charge in [-0.2, -0.15) is 4.40 Å². The number of nitrogens with zero attached hydrogens (tertiary/aromatic N) is 1. The summed E-state index contributed by atoms with van der Waals surface area (Å²) in [5.41, 5.74) is 3.12. The summed E-state index contributed by atoms with van der Waals surface area (Å²) in [5.74, 6) is 7.19. The maximum absolute atomic E-state index is 10.7. The Kier molecular flexibility index (Phi) is 5.13. The summed E-state index contributed by atoms with van der Waals surface area (Å²) in [6, 6.07) is 18.0. The minimum absolute atomic E-state index is 0.845. The molecule has 0 radical (unpaired) electrons. The van der Waals surface area contributed by atoms with E-state index in [0.717, 1.165) is 22.4 Å². The fraction of sp³-hybridized carbons (Fsp3) is 0.0556. The van der Waals surface area contributed by atoms with E-state index in [9.17, 15) is 25.2 Å². The summed E-state index contributed by atoms with van der Waals surface area (Å²) in [7, 11) is -9.00. The number of halogens is 6. The fourth-order valence-electron chi connectivity index (χ4n) is 1.99. The van der Waals surface area contributed by atoms with E-state index in [1.165, 1.54) is 0 Å². The number of ether oxygens (including phenoxy) is 1. The molecule has 0 spiro atoms. The van der Waals surface area contributed by atoms with E-state index in [2.05, 4.69) is 28.4 Å². The second-order valence-electron chi connectivity index (χ2n) is 5.39. The first-order chi connectivity index (χ1) is 12.3. The van der Waals surface area contributed by atoms with Gasteiger partial charge in [0.2, 0.25) is 5.52 Å². The van der Waals surface area contributed by atoms with Crippen molar-refractivity contribution in [3.05, 3.63) is 78.1 Å². The molecule has 3 aromatic rings. The molecule has 1 aromatic carbocycles. The fourth-order valence-corrected chi connectivity index (χ4v) is 1.99. The van der Waals surface area contributed by atoms with Crippen molar-refractivity contribution in [3.8, 4) is 17.6 Å². The summed E-state index contributed by atoms with van der Waals surface area (Å²) >= 11 is 0. The summed E-state index contributed by atoms with van der Waals surface area (Å²) in [5, 5.41) is 0. The molecule has 0 amide bonds. The standard InChI is InChI=1S/C18H14NO.F6P/c1-20-18-9-7-15(8-10-18)5-6-16-11-13-19-12-3-2-4-17(19)14-16;1-7(2,3,4,5)6/h2-4,7-14H,1H3;/q+1;-1. The minimum atomic E-state index is -10.7. The van der Waals surface area contributed by atoms with Crippen molar-refractivity contribution in [1.29, 1.82) is 0 Å². The summed E-state index contributed by atoms with van der Waals surface area (Å²) in [6.07, 6.45) is 4.05. The van der Waals surface area contributed by atoms with E-state index in [1.807, 2.05) is 54.9 Å². The van der Waals surface area contributed by atoms with E-state index in [1.54, 1.807) is 7.11 Å². The maximum atomic E-state index is 9.87. The van der Waals surface area contributed by atoms with Crippen LogP contribution in [0.25, 0.3) is 5.52 Å². The molecule has 0 unspecified atom stereocenters. The average Bonchev–Trinajstić information content (AvgIpc) is 2.57. The van der Waals surface area contributed by atoms with Crippen LogP contribution >= 0.6 is 7.81 Å². The molecule has 0 bridgehead atoms. The van der Waals surface area contributed by atoms with E-state index < -0.39 is 7.81 Å². The number of pyridine rings is 2. The Morgan fingerprint density at radius 1 is 0.778 bits per heavy atom. The molecule has 3 rings (SSSR count). The van der Waals surface area contributed by atoms with Crippen LogP contribution < -0.4 is 9.14 Å². The van der Waals surface area contributed by atoms with Crippen molar-refractivity contribution in [2.24, 2.45) is 0 Å². The Labute approximate surface area is 151 Å². The van der Waals surface area contributed by atoms with Gasteiger partial charge >= 0.3 is 33.0 Å². The quantitative estimate of drug-likeness (QED) is 0.203. The van der Waals surface area contributed by atoms with Crippen molar-refractivity contribution in [2.75, 3.05) is 7.11 Å². The normalized spacial score (nSPS) is 13.3. The zero-order valence-corrected chi connectivity index (χ0v) is 14.8. The predicted molar refractivity (Wildman–Crippen MR) is 92.1 cm³/mol. The van der Waals surface area contributed by atoms with Gasteiger partial charge in [0.1, 0.15) is 5.75 Å². The molecule has 0 saturated carbocycles. The average molecular weight is 405 g/mol. The molecule has 0 fully saturated rings. The van der Waals surface area contributed by atoms with E-state index >= 15 is 0 Å². The monoisotopic (exact) mass is 405 g/mol. The molecular weight excluding hydrogens is 391 g/mol. The zero-order chi connectivity index (χ0) is 20.2. The van der Waals surface area contributed by atoms with Crippen molar-refractivity contribution >= 4 is 13.3 Å². The number of aromatic nitrogens is 1. The van der Waals surface area contributed by atoms with Crippen LogP contribution in [-0.4, -0.2) is 7.11 Å². The van der Waals surface area contributed by atoms with Gasteiger partial charge in [-0.3, -0.25) is 0 Å². The van der Waals surface area contributed by atoms with Crippen LogP contribution in [0, 0.1) is 11.8 Å². The van der Waals surface area contributed by atoms with Crippen molar-refractivity contribution in [3.63, 3.8) is 0 Å². The zero-order valence-electron chi connectivity index (χ0n) is 13.9. The van der Waals surface area contributed by atoms with Crippen LogP contribution in [-0.2, 0) is 0 Å². The molecule has 0 N–H and O–H groups in total. The van der Waals surface area contributed by atoms with Crippen LogP contribution in [0.1, 0.15) is 11.1 Å². The Hall–Kier alpha value is -2.78. The number of fused-ring (bicyclic) bond motifs is 1. The number of rotatable bonds is 1. The SMILES string of the molecule is COc1ccc(C#Cc2cc[n+]3ccccc3c2)cc1.F[P-](F)(F)(F)(F)F. The molecule has 0 aliphatic carbocycles. The van der Waals surface area contributed by atoms with Gasteiger partial charge in [-0.25, -0.2) is 0 Å². The molecule has 9 heteroatoms. The summed E-state index contributed by atoms with van der Waals surface area (Å²) < 4.78 is 66.4. The Morgan fingerprint density at radius 3 is 1.96 bits per heavy atom. The van der Waals surface area contributed by atoms with Crippen LogP contribution in [0.2, 0.25) is 0 Å². The number of benzene rings is 1. The summed E-state index contributed by atoms with van der Waals surface area (Å²) in [4.78, 5) is 0. The molecule has 27 heavy (non-hydrogen) atoms. The first kappa shape index (κ1) is 20.5. The van der Waals surface area contributed by atoms with Crippen LogP contribution in [0.4, 0.5) is 25.2 Å². The third-order valence-corrected chi connectivity index (χ3v) is 3.08. The van der Waals surface area contributed by atoms with Gasteiger partial charge in [0.25, 0.3) is 0 Å². The number of hydrogen-bond acceptors (Lipinski definition) is 1. The van der Waals surface area contributed by atoms with Gasteiger partial charge in [0.15, 0.2) is 12.4 Å². The predicted octanol–water partition coefficient (Wildman–Crippen LogP) is 6.22. The van der Waals surface area contributed by atoms with Crippen molar-refractivity contribution < 1.29 is 34.3 Å². The van der Waals surface area contributed by atoms with Gasteiger partial charge < -0.3 is 4.74 Å². The molecule has 0 aliphatic rings. The molecule has 0 aliphatic heterocycles. The van der Waals surface area contributed by atoms with Crippen LogP contribution in [0.15, 0.2) is 67.0 Å².